The highest BCUT2D eigenvalue weighted by molar-refractivity contribution is 7.13. The van der Waals surface area contributed by atoms with E-state index in [1.807, 2.05) is 24.0 Å². The van der Waals surface area contributed by atoms with E-state index in [1.165, 1.54) is 4.88 Å². The fraction of sp³-hybridized carbons (Fsp3) is 0.643. The lowest BCUT2D eigenvalue weighted by Gasteiger charge is -2.31. The van der Waals surface area contributed by atoms with Crippen molar-refractivity contribution in [3.63, 3.8) is 0 Å². The molecule has 106 valence electrons. The molecule has 2 rings (SSSR count). The van der Waals surface area contributed by atoms with Gasteiger partial charge in [-0.2, -0.15) is 0 Å². The molecular formula is C14H21NO3S. The normalized spacial score (nSPS) is 16.8. The molecule has 0 atom stereocenters. The molecule has 0 spiro atoms. The molecule has 0 aliphatic carbocycles. The van der Waals surface area contributed by atoms with Crippen molar-refractivity contribution in [3.8, 4) is 0 Å². The average molecular weight is 283 g/mol. The molecule has 1 amide bonds. The quantitative estimate of drug-likeness (QED) is 0.842. The lowest BCUT2D eigenvalue weighted by atomic mass is 10.1. The van der Waals surface area contributed by atoms with Gasteiger partial charge in [-0.3, -0.25) is 4.79 Å². The number of hydrogen-bond donors (Lipinski definition) is 1. The van der Waals surface area contributed by atoms with Crippen molar-refractivity contribution in [2.24, 2.45) is 0 Å². The van der Waals surface area contributed by atoms with Crippen LogP contribution in [0.5, 0.6) is 0 Å². The first-order valence-electron chi connectivity index (χ1n) is 6.79. The summed E-state index contributed by atoms with van der Waals surface area (Å²) in [6.45, 7) is 4.33. The molecule has 1 fully saturated rings. The summed E-state index contributed by atoms with van der Waals surface area (Å²) in [6, 6.07) is 3.90. The molecule has 1 aromatic rings. The van der Waals surface area contributed by atoms with Crippen LogP contribution in [-0.4, -0.2) is 48.3 Å². The largest absolute Gasteiger partial charge is 0.396 e. The number of nitrogens with zero attached hydrogens (tertiary/aromatic N) is 1. The van der Waals surface area contributed by atoms with Gasteiger partial charge < -0.3 is 14.7 Å². The number of hydrogen-bond acceptors (Lipinski definition) is 4. The number of aliphatic hydroxyl groups is 1. The monoisotopic (exact) mass is 283 g/mol. The molecule has 5 heteroatoms. The number of carbonyl (C=O) groups excluding carboxylic acids is 1. The summed E-state index contributed by atoms with van der Waals surface area (Å²) in [5.41, 5.74) is 0. The molecule has 1 aromatic heterocycles. The second-order valence-corrected chi connectivity index (χ2v) is 6.14. The minimum absolute atomic E-state index is 0.145. The minimum Gasteiger partial charge on any atom is -0.396 e. The van der Waals surface area contributed by atoms with Gasteiger partial charge in [0.25, 0.3) is 5.91 Å². The maximum absolute atomic E-state index is 12.2. The Kier molecular flexibility index (Phi) is 5.36. The highest BCUT2D eigenvalue weighted by atomic mass is 32.1. The molecule has 1 N–H and O–H groups in total. The molecule has 0 radical (unpaired) electrons. The molecule has 2 heterocycles. The topological polar surface area (TPSA) is 49.8 Å². The number of piperidine rings is 1. The molecule has 1 aliphatic heterocycles. The lowest BCUT2D eigenvalue weighted by molar-refractivity contribution is 0.00409. The van der Waals surface area contributed by atoms with Gasteiger partial charge in [0.15, 0.2) is 0 Å². The summed E-state index contributed by atoms with van der Waals surface area (Å²) in [7, 11) is 0. The number of aliphatic hydroxyl groups excluding tert-OH is 1. The molecule has 0 unspecified atom stereocenters. The third-order valence-corrected chi connectivity index (χ3v) is 4.33. The van der Waals surface area contributed by atoms with Crippen LogP contribution in [0.2, 0.25) is 0 Å². The summed E-state index contributed by atoms with van der Waals surface area (Å²) in [5, 5.41) is 8.71. The fourth-order valence-corrected chi connectivity index (χ4v) is 3.08. The summed E-state index contributed by atoms with van der Waals surface area (Å²) in [5.74, 6) is 0.145. The molecular weight excluding hydrogens is 262 g/mol. The first-order chi connectivity index (χ1) is 9.20. The van der Waals surface area contributed by atoms with Crippen LogP contribution in [0.15, 0.2) is 12.1 Å². The summed E-state index contributed by atoms with van der Waals surface area (Å²) < 4.78 is 5.67. The Morgan fingerprint density at radius 3 is 2.79 bits per heavy atom. The van der Waals surface area contributed by atoms with Gasteiger partial charge in [0.1, 0.15) is 0 Å². The average Bonchev–Trinajstić information content (AvgIpc) is 2.86. The van der Waals surface area contributed by atoms with Gasteiger partial charge in [-0.15, -0.1) is 11.3 Å². The summed E-state index contributed by atoms with van der Waals surface area (Å²) in [4.78, 5) is 16.2. The van der Waals surface area contributed by atoms with Crippen LogP contribution in [0.3, 0.4) is 0 Å². The van der Waals surface area contributed by atoms with Crippen LogP contribution >= 0.6 is 11.3 Å². The van der Waals surface area contributed by atoms with Crippen molar-refractivity contribution >= 4 is 17.2 Å². The number of rotatable bonds is 5. The van der Waals surface area contributed by atoms with Crippen molar-refractivity contribution in [2.75, 3.05) is 26.3 Å². The summed E-state index contributed by atoms with van der Waals surface area (Å²) in [6.07, 6.45) is 2.71. The zero-order valence-electron chi connectivity index (χ0n) is 11.3. The van der Waals surface area contributed by atoms with Crippen molar-refractivity contribution in [2.45, 2.75) is 32.3 Å². The van der Waals surface area contributed by atoms with Gasteiger partial charge in [-0.25, -0.2) is 0 Å². The minimum atomic E-state index is 0.145. The Morgan fingerprint density at radius 1 is 1.47 bits per heavy atom. The number of carbonyl (C=O) groups is 1. The van der Waals surface area contributed by atoms with Crippen molar-refractivity contribution in [1.82, 2.24) is 4.90 Å². The van der Waals surface area contributed by atoms with Gasteiger partial charge in [0.2, 0.25) is 0 Å². The molecule has 0 aromatic carbocycles. The molecule has 1 aliphatic rings. The van der Waals surface area contributed by atoms with E-state index in [1.54, 1.807) is 11.3 Å². The Bertz CT molecular complexity index is 411. The zero-order chi connectivity index (χ0) is 13.7. The van der Waals surface area contributed by atoms with Crippen molar-refractivity contribution < 1.29 is 14.6 Å². The van der Waals surface area contributed by atoms with Gasteiger partial charge in [-0.05, 0) is 38.3 Å². The Morgan fingerprint density at radius 2 is 2.21 bits per heavy atom. The third-order valence-electron chi connectivity index (χ3n) is 3.34. The lowest BCUT2D eigenvalue weighted by Crippen LogP contribution is -2.40. The van der Waals surface area contributed by atoms with Gasteiger partial charge >= 0.3 is 0 Å². The highest BCUT2D eigenvalue weighted by Crippen LogP contribution is 2.21. The van der Waals surface area contributed by atoms with Gasteiger partial charge in [0.05, 0.1) is 11.0 Å². The number of ether oxygens (including phenoxy) is 1. The van der Waals surface area contributed by atoms with E-state index in [0.29, 0.717) is 13.0 Å². The zero-order valence-corrected chi connectivity index (χ0v) is 12.1. The van der Waals surface area contributed by atoms with Crippen LogP contribution in [-0.2, 0) is 4.74 Å². The molecule has 1 saturated heterocycles. The predicted octanol–water partition coefficient (Wildman–Crippen LogP) is 2.06. The Hall–Kier alpha value is -0.910. The molecule has 0 bridgehead atoms. The van der Waals surface area contributed by atoms with Gasteiger partial charge in [-0.1, -0.05) is 0 Å². The molecule has 19 heavy (non-hydrogen) atoms. The smallest absolute Gasteiger partial charge is 0.263 e. The van der Waals surface area contributed by atoms with Crippen LogP contribution in [0.1, 0.15) is 33.8 Å². The number of thiophene rings is 1. The Labute approximate surface area is 118 Å². The maximum Gasteiger partial charge on any atom is 0.263 e. The van der Waals surface area contributed by atoms with E-state index in [9.17, 15) is 4.79 Å². The third kappa shape index (κ3) is 4.03. The first-order valence-corrected chi connectivity index (χ1v) is 7.60. The van der Waals surface area contributed by atoms with E-state index < -0.39 is 0 Å². The second kappa shape index (κ2) is 7.03. The predicted molar refractivity (Wildman–Crippen MR) is 75.6 cm³/mol. The fourth-order valence-electron chi connectivity index (χ4n) is 2.25. The number of aryl methyl sites for hydroxylation is 1. The van der Waals surface area contributed by atoms with Gasteiger partial charge in [0, 0.05) is 31.2 Å². The van der Waals surface area contributed by atoms with E-state index in [2.05, 4.69) is 0 Å². The van der Waals surface area contributed by atoms with E-state index in [4.69, 9.17) is 9.84 Å². The molecule has 0 saturated carbocycles. The SMILES string of the molecule is Cc1ccc(C(=O)N2CCC(OCCCO)CC2)s1. The van der Waals surface area contributed by atoms with E-state index in [-0.39, 0.29) is 18.6 Å². The van der Waals surface area contributed by atoms with Crippen molar-refractivity contribution in [1.29, 1.82) is 0 Å². The van der Waals surface area contributed by atoms with Crippen LogP contribution in [0.4, 0.5) is 0 Å². The number of amides is 1. The highest BCUT2D eigenvalue weighted by Gasteiger charge is 2.24. The van der Waals surface area contributed by atoms with Crippen LogP contribution < -0.4 is 0 Å². The standard InChI is InChI=1S/C14H21NO3S/c1-11-3-4-13(19-11)14(17)15-7-5-12(6-8-15)18-10-2-9-16/h3-4,12,16H,2,5-10H2,1H3. The Balaban J connectivity index is 1.78. The van der Waals surface area contributed by atoms with E-state index in [0.717, 1.165) is 30.8 Å². The van der Waals surface area contributed by atoms with Crippen LogP contribution in [0, 0.1) is 6.92 Å². The van der Waals surface area contributed by atoms with E-state index >= 15 is 0 Å². The second-order valence-electron chi connectivity index (χ2n) is 4.85. The summed E-state index contributed by atoms with van der Waals surface area (Å²) >= 11 is 1.56. The molecule has 4 nitrogen and oxygen atoms in total. The first kappa shape index (κ1) is 14.5. The number of likely N-dealkylation sites (tertiary alicyclic amines) is 1. The maximum atomic E-state index is 12.2. The van der Waals surface area contributed by atoms with Crippen molar-refractivity contribution in [3.05, 3.63) is 21.9 Å². The van der Waals surface area contributed by atoms with Crippen LogP contribution in [0.25, 0.3) is 0 Å².